The lowest BCUT2D eigenvalue weighted by Gasteiger charge is -2.37. The van der Waals surface area contributed by atoms with Crippen LogP contribution in [0, 0.1) is 0 Å². The van der Waals surface area contributed by atoms with Crippen molar-refractivity contribution in [2.24, 2.45) is 0 Å². The van der Waals surface area contributed by atoms with Gasteiger partial charge < -0.3 is 15.1 Å². The Labute approximate surface area is 152 Å². The Morgan fingerprint density at radius 1 is 0.923 bits per heavy atom. The molecule has 1 radical (unpaired) electrons. The highest BCUT2D eigenvalue weighted by atomic mass is 19.4. The van der Waals surface area contributed by atoms with Gasteiger partial charge in [-0.3, -0.25) is 0 Å². The van der Waals surface area contributed by atoms with Crippen LogP contribution in [0.1, 0.15) is 33.3 Å². The fraction of sp³-hybridized carbons (Fsp3) is 0.368. The zero-order valence-corrected chi connectivity index (χ0v) is 15.2. The van der Waals surface area contributed by atoms with Crippen LogP contribution in [-0.2, 0) is 10.8 Å². The second kappa shape index (κ2) is 7.33. The van der Waals surface area contributed by atoms with Crippen LogP contribution in [0.4, 0.5) is 24.5 Å². The summed E-state index contributed by atoms with van der Waals surface area (Å²) in [5.74, 6) is 0. The maximum absolute atomic E-state index is 12.7. The first kappa shape index (κ1) is 20.3. The van der Waals surface area contributed by atoms with Crippen molar-refractivity contribution in [3.63, 3.8) is 0 Å². The van der Waals surface area contributed by atoms with E-state index >= 15 is 0 Å². The van der Waals surface area contributed by atoms with Crippen LogP contribution in [0.3, 0.4) is 0 Å². The summed E-state index contributed by atoms with van der Waals surface area (Å²) in [6, 6.07) is 12.1. The van der Waals surface area contributed by atoms with E-state index in [-0.39, 0.29) is 0 Å². The molecule has 0 saturated heterocycles. The molecule has 0 fully saturated rings. The molecule has 139 valence electrons. The van der Waals surface area contributed by atoms with Crippen molar-refractivity contribution >= 4 is 24.3 Å². The highest BCUT2D eigenvalue weighted by Crippen LogP contribution is 2.30. The molecule has 2 aromatic carbocycles. The van der Waals surface area contributed by atoms with E-state index in [4.69, 9.17) is 4.65 Å². The van der Waals surface area contributed by atoms with E-state index in [1.54, 1.807) is 33.8 Å². The van der Waals surface area contributed by atoms with Gasteiger partial charge in [-0.1, -0.05) is 18.2 Å². The molecule has 0 unspecified atom stereocenters. The van der Waals surface area contributed by atoms with Crippen LogP contribution < -0.4 is 10.8 Å². The number of nitrogens with one attached hydrogen (secondary N) is 1. The number of anilines is 2. The number of halogens is 3. The molecule has 0 bridgehead atoms. The highest BCUT2D eigenvalue weighted by Gasteiger charge is 2.36. The van der Waals surface area contributed by atoms with E-state index < -0.39 is 22.9 Å². The number of hydrogen-bond acceptors (Lipinski definition) is 3. The molecule has 2 aromatic rings. The second-order valence-electron chi connectivity index (χ2n) is 7.09. The monoisotopic (exact) mass is 364 g/mol. The van der Waals surface area contributed by atoms with Crippen molar-refractivity contribution in [2.75, 3.05) is 5.32 Å². The van der Waals surface area contributed by atoms with Gasteiger partial charge in [0, 0.05) is 11.4 Å². The van der Waals surface area contributed by atoms with Crippen molar-refractivity contribution < 1.29 is 22.9 Å². The minimum Gasteiger partial charge on any atom is -0.427 e. The Morgan fingerprint density at radius 2 is 1.50 bits per heavy atom. The Kier molecular flexibility index (Phi) is 5.73. The minimum absolute atomic E-state index is 0.528. The maximum Gasteiger partial charge on any atom is 0.416 e. The number of aliphatic hydroxyl groups is 1. The van der Waals surface area contributed by atoms with Gasteiger partial charge in [0.15, 0.2) is 0 Å². The standard InChI is InChI=1S/C19H22BF3NO2/c1-17(2,25)18(3,4)26-20-15-7-5-6-8-16(15)24-14-11-9-13(10-12-14)19(21,22)23/h5-12,24-25H,1-4H3. The second-order valence-corrected chi connectivity index (χ2v) is 7.09. The van der Waals surface area contributed by atoms with Crippen LogP contribution in [0.25, 0.3) is 0 Å². The van der Waals surface area contributed by atoms with Gasteiger partial charge in [-0.15, -0.1) is 0 Å². The summed E-state index contributed by atoms with van der Waals surface area (Å²) >= 11 is 0. The molecule has 0 aromatic heterocycles. The van der Waals surface area contributed by atoms with Gasteiger partial charge in [0.05, 0.1) is 16.8 Å². The van der Waals surface area contributed by atoms with Crippen LogP contribution in [-0.4, -0.2) is 23.8 Å². The molecule has 7 heteroatoms. The van der Waals surface area contributed by atoms with Crippen molar-refractivity contribution in [2.45, 2.75) is 45.1 Å². The molecule has 2 N–H and O–H groups in total. The third-order valence-electron chi connectivity index (χ3n) is 4.41. The highest BCUT2D eigenvalue weighted by molar-refractivity contribution is 6.49. The summed E-state index contributed by atoms with van der Waals surface area (Å²) in [4.78, 5) is 0. The molecule has 0 amide bonds. The summed E-state index contributed by atoms with van der Waals surface area (Å²) in [6.45, 7) is 6.87. The zero-order chi connectivity index (χ0) is 19.6. The third kappa shape index (κ3) is 5.02. The smallest absolute Gasteiger partial charge is 0.416 e. The molecule has 0 atom stereocenters. The van der Waals surface area contributed by atoms with Gasteiger partial charge in [-0.05, 0) is 63.5 Å². The molecule has 0 spiro atoms. The lowest BCUT2D eigenvalue weighted by atomic mass is 9.81. The van der Waals surface area contributed by atoms with E-state index in [1.165, 1.54) is 19.6 Å². The molecule has 0 heterocycles. The average Bonchev–Trinajstić information content (AvgIpc) is 2.53. The number of hydrogen-bond donors (Lipinski definition) is 2. The van der Waals surface area contributed by atoms with E-state index in [0.29, 0.717) is 16.8 Å². The van der Waals surface area contributed by atoms with Gasteiger partial charge in [-0.25, -0.2) is 0 Å². The number of benzene rings is 2. The Balaban J connectivity index is 2.14. The van der Waals surface area contributed by atoms with Crippen LogP contribution in [0.2, 0.25) is 0 Å². The quantitative estimate of drug-likeness (QED) is 0.753. The van der Waals surface area contributed by atoms with Crippen molar-refractivity contribution in [1.29, 1.82) is 0 Å². The van der Waals surface area contributed by atoms with Gasteiger partial charge in [-0.2, -0.15) is 13.2 Å². The van der Waals surface area contributed by atoms with Gasteiger partial charge in [0.2, 0.25) is 0 Å². The topological polar surface area (TPSA) is 41.5 Å². The van der Waals surface area contributed by atoms with E-state index in [2.05, 4.69) is 5.32 Å². The molecular weight excluding hydrogens is 342 g/mol. The predicted molar refractivity (Wildman–Crippen MR) is 98.0 cm³/mol. The molecule has 26 heavy (non-hydrogen) atoms. The van der Waals surface area contributed by atoms with Crippen LogP contribution >= 0.6 is 0 Å². The Bertz CT molecular complexity index is 738. The predicted octanol–water partition coefficient (Wildman–Crippen LogP) is 4.26. The summed E-state index contributed by atoms with van der Waals surface area (Å²) in [6.07, 6.45) is -4.36. The Hall–Kier alpha value is -1.99. The normalized spacial score (nSPS) is 12.8. The molecule has 0 aliphatic rings. The van der Waals surface area contributed by atoms with E-state index in [9.17, 15) is 18.3 Å². The van der Waals surface area contributed by atoms with Crippen LogP contribution in [0.5, 0.6) is 0 Å². The average molecular weight is 364 g/mol. The molecule has 3 nitrogen and oxygen atoms in total. The number of rotatable bonds is 6. The van der Waals surface area contributed by atoms with Crippen molar-refractivity contribution in [3.05, 3.63) is 54.1 Å². The Morgan fingerprint density at radius 3 is 2.04 bits per heavy atom. The lowest BCUT2D eigenvalue weighted by molar-refractivity contribution is -0.137. The van der Waals surface area contributed by atoms with Crippen LogP contribution in [0.15, 0.2) is 48.5 Å². The summed E-state index contributed by atoms with van der Waals surface area (Å²) in [5.41, 5.74) is -0.657. The molecule has 2 rings (SSSR count). The third-order valence-corrected chi connectivity index (χ3v) is 4.41. The van der Waals surface area contributed by atoms with E-state index in [0.717, 1.165) is 12.1 Å². The van der Waals surface area contributed by atoms with Gasteiger partial charge >= 0.3 is 13.7 Å². The number of alkyl halides is 3. The first-order valence-electron chi connectivity index (χ1n) is 8.17. The SMILES string of the molecule is CC(C)(O)C(C)(C)O[B]c1ccccc1Nc1ccc(C(F)(F)F)cc1. The fourth-order valence-electron chi connectivity index (χ4n) is 1.97. The maximum atomic E-state index is 12.7. The first-order valence-corrected chi connectivity index (χ1v) is 8.17. The zero-order valence-electron chi connectivity index (χ0n) is 15.2. The van der Waals surface area contributed by atoms with Crippen molar-refractivity contribution in [3.8, 4) is 0 Å². The first-order chi connectivity index (χ1) is 11.9. The summed E-state index contributed by atoms with van der Waals surface area (Å²) < 4.78 is 43.7. The van der Waals surface area contributed by atoms with Crippen molar-refractivity contribution in [1.82, 2.24) is 0 Å². The molecule has 0 aliphatic carbocycles. The van der Waals surface area contributed by atoms with Gasteiger partial charge in [0.1, 0.15) is 0 Å². The largest absolute Gasteiger partial charge is 0.427 e. The van der Waals surface area contributed by atoms with Gasteiger partial charge in [0.25, 0.3) is 0 Å². The molecule has 0 aliphatic heterocycles. The van der Waals surface area contributed by atoms with E-state index in [1.807, 2.05) is 18.2 Å². The minimum atomic E-state index is -4.36. The molecule has 0 saturated carbocycles. The molecular formula is C19H22BF3NO2. The number of para-hydroxylation sites is 1. The lowest BCUT2D eigenvalue weighted by Crippen LogP contribution is -2.49. The summed E-state index contributed by atoms with van der Waals surface area (Å²) in [5, 5.41) is 13.3. The summed E-state index contributed by atoms with van der Waals surface area (Å²) in [7, 11) is 1.53. The fourth-order valence-corrected chi connectivity index (χ4v) is 1.97.